The maximum atomic E-state index is 2.38. The quantitative estimate of drug-likeness (QED) is 0.169. The van der Waals surface area contributed by atoms with Gasteiger partial charge in [-0.05, 0) is 94.0 Å². The Morgan fingerprint density at radius 1 is 0.280 bits per heavy atom. The molecule has 0 radical (unpaired) electrons. The fourth-order valence-electron chi connectivity index (χ4n) is 7.12. The van der Waals surface area contributed by atoms with Gasteiger partial charge < -0.3 is 9.47 Å². The summed E-state index contributed by atoms with van der Waals surface area (Å²) < 4.78 is 2.38. The lowest BCUT2D eigenvalue weighted by Gasteiger charge is -2.26. The molecule has 1 heterocycles. The Morgan fingerprint density at radius 3 is 1.28 bits per heavy atom. The highest BCUT2D eigenvalue weighted by Gasteiger charge is 2.15. The highest BCUT2D eigenvalue weighted by atomic mass is 15.1. The summed E-state index contributed by atoms with van der Waals surface area (Å²) in [7, 11) is 0. The van der Waals surface area contributed by atoms with E-state index in [1.54, 1.807) is 0 Å². The van der Waals surface area contributed by atoms with Gasteiger partial charge in [-0.1, -0.05) is 146 Å². The molecule has 8 aromatic carbocycles. The van der Waals surface area contributed by atoms with Crippen LogP contribution in [0, 0.1) is 0 Å². The topological polar surface area (TPSA) is 8.17 Å². The minimum Gasteiger partial charge on any atom is -0.311 e. The molecule has 0 atom stereocenters. The number of fused-ring (bicyclic) bond motifs is 3. The summed E-state index contributed by atoms with van der Waals surface area (Å²) >= 11 is 0. The first kappa shape index (κ1) is 29.5. The second-order valence-corrected chi connectivity index (χ2v) is 12.6. The minimum absolute atomic E-state index is 1.11. The van der Waals surface area contributed by atoms with E-state index in [-0.39, 0.29) is 0 Å². The molecule has 236 valence electrons. The van der Waals surface area contributed by atoms with Gasteiger partial charge in [-0.3, -0.25) is 0 Å². The smallest absolute Gasteiger partial charge is 0.0547 e. The largest absolute Gasteiger partial charge is 0.311 e. The predicted molar refractivity (Wildman–Crippen MR) is 212 cm³/mol. The molecule has 0 N–H and O–H groups in total. The van der Waals surface area contributed by atoms with Crippen LogP contribution in [0.3, 0.4) is 0 Å². The highest BCUT2D eigenvalue weighted by molar-refractivity contribution is 6.10. The van der Waals surface area contributed by atoms with Crippen molar-refractivity contribution in [3.63, 3.8) is 0 Å². The zero-order valence-electron chi connectivity index (χ0n) is 27.5. The van der Waals surface area contributed by atoms with Crippen LogP contribution in [0.2, 0.25) is 0 Å². The van der Waals surface area contributed by atoms with Crippen molar-refractivity contribution in [3.8, 4) is 39.1 Å². The van der Waals surface area contributed by atoms with E-state index in [1.165, 1.54) is 60.9 Å². The summed E-state index contributed by atoms with van der Waals surface area (Å²) in [5.41, 5.74) is 14.2. The van der Waals surface area contributed by atoms with E-state index >= 15 is 0 Å². The third-order valence-corrected chi connectivity index (χ3v) is 9.61. The maximum absolute atomic E-state index is 2.38. The summed E-state index contributed by atoms with van der Waals surface area (Å²) in [5, 5.41) is 2.53. The second-order valence-electron chi connectivity index (χ2n) is 12.6. The van der Waals surface area contributed by atoms with Gasteiger partial charge in [0.2, 0.25) is 0 Å². The van der Waals surface area contributed by atoms with Crippen molar-refractivity contribution in [3.05, 3.63) is 206 Å². The van der Waals surface area contributed by atoms with Crippen molar-refractivity contribution in [1.29, 1.82) is 0 Å². The lowest BCUT2D eigenvalue weighted by molar-refractivity contribution is 1.18. The number of hydrogen-bond donors (Lipinski definition) is 0. The van der Waals surface area contributed by atoms with E-state index in [0.717, 1.165) is 17.1 Å². The molecule has 0 aliphatic heterocycles. The van der Waals surface area contributed by atoms with Crippen LogP contribution in [-0.2, 0) is 0 Å². The zero-order valence-corrected chi connectivity index (χ0v) is 27.5. The van der Waals surface area contributed by atoms with Crippen molar-refractivity contribution >= 4 is 38.9 Å². The van der Waals surface area contributed by atoms with Crippen molar-refractivity contribution in [2.75, 3.05) is 4.90 Å². The summed E-state index contributed by atoms with van der Waals surface area (Å²) in [6.45, 7) is 0. The number of rotatable bonds is 7. The average Bonchev–Trinajstić information content (AvgIpc) is 3.53. The molecule has 50 heavy (non-hydrogen) atoms. The standard InChI is InChI=1S/C48H34N2/c1-4-12-35(13-5-1)36-20-22-37(23-21-36)38-24-29-43(30-25-38)49(41-14-6-2-7-15-41)44-31-26-39(27-32-44)40-28-33-46-45-18-10-11-19-47(45)50(48(46)34-40)42-16-8-3-9-17-42/h1-34H. The highest BCUT2D eigenvalue weighted by Crippen LogP contribution is 2.38. The molecule has 1 aromatic heterocycles. The van der Waals surface area contributed by atoms with Crippen LogP contribution >= 0.6 is 0 Å². The number of nitrogens with zero attached hydrogens (tertiary/aromatic N) is 2. The van der Waals surface area contributed by atoms with E-state index in [4.69, 9.17) is 0 Å². The van der Waals surface area contributed by atoms with Gasteiger partial charge in [0.25, 0.3) is 0 Å². The fourth-order valence-corrected chi connectivity index (χ4v) is 7.12. The van der Waals surface area contributed by atoms with Crippen LogP contribution < -0.4 is 4.90 Å². The summed E-state index contributed by atoms with van der Waals surface area (Å²) in [6, 6.07) is 73.9. The van der Waals surface area contributed by atoms with Gasteiger partial charge in [-0.2, -0.15) is 0 Å². The fraction of sp³-hybridized carbons (Fsp3) is 0. The van der Waals surface area contributed by atoms with Crippen LogP contribution in [0.5, 0.6) is 0 Å². The first-order chi connectivity index (χ1) is 24.8. The summed E-state index contributed by atoms with van der Waals surface area (Å²) in [4.78, 5) is 2.32. The number of hydrogen-bond acceptors (Lipinski definition) is 1. The van der Waals surface area contributed by atoms with Crippen LogP contribution in [0.25, 0.3) is 60.9 Å². The van der Waals surface area contributed by atoms with Crippen molar-refractivity contribution in [1.82, 2.24) is 4.57 Å². The molecule has 0 amide bonds. The zero-order chi connectivity index (χ0) is 33.3. The molecule has 0 fully saturated rings. The van der Waals surface area contributed by atoms with Gasteiger partial charge in [-0.25, -0.2) is 0 Å². The predicted octanol–water partition coefficient (Wildman–Crippen LogP) is 13.3. The molecule has 0 bridgehead atoms. The average molecular weight is 639 g/mol. The Morgan fingerprint density at radius 2 is 0.680 bits per heavy atom. The molecule has 0 aliphatic carbocycles. The maximum Gasteiger partial charge on any atom is 0.0547 e. The van der Waals surface area contributed by atoms with Crippen LogP contribution in [0.4, 0.5) is 17.1 Å². The Balaban J connectivity index is 1.05. The van der Waals surface area contributed by atoms with Gasteiger partial charge in [0.15, 0.2) is 0 Å². The van der Waals surface area contributed by atoms with Crippen molar-refractivity contribution in [2.45, 2.75) is 0 Å². The van der Waals surface area contributed by atoms with E-state index in [9.17, 15) is 0 Å². The molecule has 0 saturated heterocycles. The molecule has 9 aromatic rings. The first-order valence-electron chi connectivity index (χ1n) is 17.1. The van der Waals surface area contributed by atoms with Gasteiger partial charge in [-0.15, -0.1) is 0 Å². The molecule has 9 rings (SSSR count). The normalized spacial score (nSPS) is 11.2. The van der Waals surface area contributed by atoms with Crippen LogP contribution in [0.1, 0.15) is 0 Å². The van der Waals surface area contributed by atoms with E-state index < -0.39 is 0 Å². The molecule has 0 spiro atoms. The molecular formula is C48H34N2. The molecule has 2 heteroatoms. The van der Waals surface area contributed by atoms with Crippen molar-refractivity contribution in [2.24, 2.45) is 0 Å². The number of para-hydroxylation sites is 3. The monoisotopic (exact) mass is 638 g/mol. The molecule has 0 saturated carbocycles. The van der Waals surface area contributed by atoms with Gasteiger partial charge in [0.05, 0.1) is 11.0 Å². The Labute approximate surface area is 292 Å². The summed E-state index contributed by atoms with van der Waals surface area (Å²) in [5.74, 6) is 0. The van der Waals surface area contributed by atoms with Crippen LogP contribution in [0.15, 0.2) is 206 Å². The van der Waals surface area contributed by atoms with Crippen molar-refractivity contribution < 1.29 is 0 Å². The Bertz CT molecular complexity index is 2530. The van der Waals surface area contributed by atoms with E-state index in [2.05, 4.69) is 216 Å². The molecular weight excluding hydrogens is 605 g/mol. The van der Waals surface area contributed by atoms with Gasteiger partial charge in [0, 0.05) is 33.5 Å². The lowest BCUT2D eigenvalue weighted by atomic mass is 10.00. The number of anilines is 3. The first-order valence-corrected chi connectivity index (χ1v) is 17.1. The van der Waals surface area contributed by atoms with Crippen LogP contribution in [-0.4, -0.2) is 4.57 Å². The molecule has 2 nitrogen and oxygen atoms in total. The van der Waals surface area contributed by atoms with E-state index in [0.29, 0.717) is 0 Å². The summed E-state index contributed by atoms with van der Waals surface area (Å²) in [6.07, 6.45) is 0. The lowest BCUT2D eigenvalue weighted by Crippen LogP contribution is -2.09. The minimum atomic E-state index is 1.11. The Kier molecular flexibility index (Phi) is 7.53. The van der Waals surface area contributed by atoms with E-state index in [1.807, 2.05) is 0 Å². The third-order valence-electron chi connectivity index (χ3n) is 9.61. The number of benzene rings is 8. The SMILES string of the molecule is c1ccc(-c2ccc(-c3ccc(N(c4ccccc4)c4ccc(-c5ccc6c7ccccc7n(-c7ccccc7)c6c5)cc4)cc3)cc2)cc1. The number of aromatic nitrogens is 1. The second kappa shape index (κ2) is 12.8. The van der Waals surface area contributed by atoms with Gasteiger partial charge >= 0.3 is 0 Å². The molecule has 0 aliphatic rings. The Hall–Kier alpha value is -6.64. The van der Waals surface area contributed by atoms with Gasteiger partial charge in [0.1, 0.15) is 0 Å². The molecule has 0 unspecified atom stereocenters. The third kappa shape index (κ3) is 5.43.